The number of oxazole rings is 1. The molecule has 0 radical (unpaired) electrons. The SMILES string of the molecule is C/C(=N\O)c1oc(-c2cccc(Oc3ccccc3)c2)nc1C. The summed E-state index contributed by atoms with van der Waals surface area (Å²) >= 11 is 0. The summed E-state index contributed by atoms with van der Waals surface area (Å²) in [6.45, 7) is 3.47. The molecule has 3 rings (SSSR count). The van der Waals surface area contributed by atoms with Crippen LogP contribution in [0.5, 0.6) is 11.5 Å². The molecule has 2 aromatic carbocycles. The average molecular weight is 308 g/mol. The molecular formula is C18H16N2O3. The Kier molecular flexibility index (Phi) is 4.10. The van der Waals surface area contributed by atoms with Gasteiger partial charge in [-0.1, -0.05) is 29.4 Å². The van der Waals surface area contributed by atoms with E-state index in [9.17, 15) is 0 Å². The second-order valence-corrected chi connectivity index (χ2v) is 5.06. The standard InChI is InChI=1S/C18H16N2O3/c1-12-17(13(2)20-21)23-18(19-12)14-7-6-10-16(11-14)22-15-8-4-3-5-9-15/h3-11,21H,1-2H3/b20-13+. The molecule has 0 atom stereocenters. The highest BCUT2D eigenvalue weighted by molar-refractivity contribution is 5.96. The zero-order chi connectivity index (χ0) is 16.2. The van der Waals surface area contributed by atoms with Crippen molar-refractivity contribution in [2.45, 2.75) is 13.8 Å². The van der Waals surface area contributed by atoms with Crippen molar-refractivity contribution in [3.8, 4) is 23.0 Å². The summed E-state index contributed by atoms with van der Waals surface area (Å²) in [5.41, 5.74) is 1.85. The molecule has 23 heavy (non-hydrogen) atoms. The van der Waals surface area contributed by atoms with E-state index in [0.29, 0.717) is 28.8 Å². The third-order valence-electron chi connectivity index (χ3n) is 3.34. The van der Waals surface area contributed by atoms with E-state index in [0.717, 1.165) is 11.3 Å². The fourth-order valence-electron chi connectivity index (χ4n) is 2.22. The van der Waals surface area contributed by atoms with Crippen LogP contribution >= 0.6 is 0 Å². The first-order valence-corrected chi connectivity index (χ1v) is 7.17. The molecule has 0 saturated heterocycles. The van der Waals surface area contributed by atoms with Crippen LogP contribution in [0.3, 0.4) is 0 Å². The van der Waals surface area contributed by atoms with E-state index >= 15 is 0 Å². The molecule has 1 heterocycles. The number of ether oxygens (including phenoxy) is 1. The fourth-order valence-corrected chi connectivity index (χ4v) is 2.22. The highest BCUT2D eigenvalue weighted by Gasteiger charge is 2.14. The summed E-state index contributed by atoms with van der Waals surface area (Å²) in [7, 11) is 0. The summed E-state index contributed by atoms with van der Waals surface area (Å²) in [6, 6.07) is 17.0. The molecular weight excluding hydrogens is 292 g/mol. The van der Waals surface area contributed by atoms with Gasteiger partial charge in [0.05, 0.1) is 5.69 Å². The van der Waals surface area contributed by atoms with Gasteiger partial charge in [-0.3, -0.25) is 0 Å². The van der Waals surface area contributed by atoms with Crippen LogP contribution in [0.1, 0.15) is 18.4 Å². The number of hydrogen-bond donors (Lipinski definition) is 1. The van der Waals surface area contributed by atoms with Crippen LogP contribution in [-0.2, 0) is 0 Å². The highest BCUT2D eigenvalue weighted by atomic mass is 16.5. The Morgan fingerprint density at radius 2 is 1.83 bits per heavy atom. The van der Waals surface area contributed by atoms with Crippen LogP contribution in [0.25, 0.3) is 11.5 Å². The first kappa shape index (κ1) is 14.8. The van der Waals surface area contributed by atoms with Gasteiger partial charge in [-0.25, -0.2) is 4.98 Å². The molecule has 0 aliphatic heterocycles. The number of aromatic nitrogens is 1. The van der Waals surface area contributed by atoms with Gasteiger partial charge in [0.25, 0.3) is 0 Å². The van der Waals surface area contributed by atoms with Crippen molar-refractivity contribution in [2.24, 2.45) is 5.16 Å². The third kappa shape index (κ3) is 3.23. The molecule has 5 heteroatoms. The van der Waals surface area contributed by atoms with Crippen molar-refractivity contribution in [1.29, 1.82) is 0 Å². The quantitative estimate of drug-likeness (QED) is 0.433. The van der Waals surface area contributed by atoms with E-state index in [1.165, 1.54) is 0 Å². The van der Waals surface area contributed by atoms with Crippen molar-refractivity contribution in [3.63, 3.8) is 0 Å². The lowest BCUT2D eigenvalue weighted by Gasteiger charge is -2.06. The molecule has 0 saturated carbocycles. The van der Waals surface area contributed by atoms with Gasteiger partial charge in [0.1, 0.15) is 17.2 Å². The first-order chi connectivity index (χ1) is 11.2. The van der Waals surface area contributed by atoms with Gasteiger partial charge in [-0.05, 0) is 44.2 Å². The van der Waals surface area contributed by atoms with Gasteiger partial charge in [-0.15, -0.1) is 0 Å². The molecule has 0 bridgehead atoms. The van der Waals surface area contributed by atoms with E-state index in [1.54, 1.807) is 13.8 Å². The second-order valence-electron chi connectivity index (χ2n) is 5.06. The lowest BCUT2D eigenvalue weighted by atomic mass is 10.2. The Morgan fingerprint density at radius 3 is 2.57 bits per heavy atom. The van der Waals surface area contributed by atoms with Gasteiger partial charge in [0.2, 0.25) is 5.89 Å². The Bertz CT molecular complexity index is 838. The van der Waals surface area contributed by atoms with Crippen LogP contribution < -0.4 is 4.74 Å². The van der Waals surface area contributed by atoms with Crippen molar-refractivity contribution in [1.82, 2.24) is 4.98 Å². The molecule has 0 unspecified atom stereocenters. The molecule has 5 nitrogen and oxygen atoms in total. The molecule has 0 aliphatic carbocycles. The van der Waals surface area contributed by atoms with Crippen molar-refractivity contribution >= 4 is 5.71 Å². The normalized spacial score (nSPS) is 11.5. The number of oxime groups is 1. The monoisotopic (exact) mass is 308 g/mol. The number of hydrogen-bond acceptors (Lipinski definition) is 5. The van der Waals surface area contributed by atoms with E-state index in [-0.39, 0.29) is 0 Å². The van der Waals surface area contributed by atoms with Crippen LogP contribution in [0, 0.1) is 6.92 Å². The summed E-state index contributed by atoms with van der Waals surface area (Å²) in [6.07, 6.45) is 0. The molecule has 0 spiro atoms. The predicted molar refractivity (Wildman–Crippen MR) is 87.2 cm³/mol. The largest absolute Gasteiger partial charge is 0.457 e. The minimum Gasteiger partial charge on any atom is -0.457 e. The predicted octanol–water partition coefficient (Wildman–Crippen LogP) is 4.64. The van der Waals surface area contributed by atoms with Crippen molar-refractivity contribution < 1.29 is 14.4 Å². The van der Waals surface area contributed by atoms with Gasteiger partial charge in [-0.2, -0.15) is 0 Å². The Labute approximate surface area is 133 Å². The van der Waals surface area contributed by atoms with Crippen LogP contribution in [0.4, 0.5) is 0 Å². The summed E-state index contributed by atoms with van der Waals surface area (Å²) in [4.78, 5) is 4.38. The van der Waals surface area contributed by atoms with Crippen molar-refractivity contribution in [2.75, 3.05) is 0 Å². The topological polar surface area (TPSA) is 67.9 Å². The maximum atomic E-state index is 8.88. The van der Waals surface area contributed by atoms with Crippen LogP contribution in [-0.4, -0.2) is 15.9 Å². The lowest BCUT2D eigenvalue weighted by molar-refractivity contribution is 0.317. The highest BCUT2D eigenvalue weighted by Crippen LogP contribution is 2.28. The van der Waals surface area contributed by atoms with Gasteiger partial charge in [0, 0.05) is 5.56 Å². The number of para-hydroxylation sites is 1. The molecule has 0 amide bonds. The van der Waals surface area contributed by atoms with Gasteiger partial charge in [0.15, 0.2) is 5.76 Å². The number of benzene rings is 2. The Hall–Kier alpha value is -3.08. The first-order valence-electron chi connectivity index (χ1n) is 7.17. The average Bonchev–Trinajstić information content (AvgIpc) is 2.97. The minimum absolute atomic E-state index is 0.387. The zero-order valence-corrected chi connectivity index (χ0v) is 12.9. The smallest absolute Gasteiger partial charge is 0.227 e. The molecule has 0 fully saturated rings. The Morgan fingerprint density at radius 1 is 1.09 bits per heavy atom. The number of rotatable bonds is 4. The minimum atomic E-state index is 0.387. The van der Waals surface area contributed by atoms with Crippen LogP contribution in [0.2, 0.25) is 0 Å². The Balaban J connectivity index is 1.91. The molecule has 1 aromatic heterocycles. The van der Waals surface area contributed by atoms with E-state index in [2.05, 4.69) is 10.1 Å². The summed E-state index contributed by atoms with van der Waals surface area (Å²) in [5, 5.41) is 12.0. The van der Waals surface area contributed by atoms with Crippen LogP contribution in [0.15, 0.2) is 64.2 Å². The maximum absolute atomic E-state index is 8.88. The lowest BCUT2D eigenvalue weighted by Crippen LogP contribution is -1.94. The molecule has 0 aliphatic rings. The summed E-state index contributed by atoms with van der Waals surface area (Å²) in [5.74, 6) is 2.38. The fraction of sp³-hybridized carbons (Fsp3) is 0.111. The van der Waals surface area contributed by atoms with E-state index in [1.807, 2.05) is 54.6 Å². The van der Waals surface area contributed by atoms with Crippen molar-refractivity contribution in [3.05, 3.63) is 66.1 Å². The van der Waals surface area contributed by atoms with Gasteiger partial charge < -0.3 is 14.4 Å². The van der Waals surface area contributed by atoms with E-state index < -0.39 is 0 Å². The number of aryl methyl sites for hydroxylation is 1. The number of nitrogens with zero attached hydrogens (tertiary/aromatic N) is 2. The second kappa shape index (κ2) is 6.36. The third-order valence-corrected chi connectivity index (χ3v) is 3.34. The summed E-state index contributed by atoms with van der Waals surface area (Å²) < 4.78 is 11.5. The molecule has 1 N–H and O–H groups in total. The van der Waals surface area contributed by atoms with E-state index in [4.69, 9.17) is 14.4 Å². The molecule has 3 aromatic rings. The van der Waals surface area contributed by atoms with Gasteiger partial charge >= 0.3 is 0 Å². The zero-order valence-electron chi connectivity index (χ0n) is 12.9. The maximum Gasteiger partial charge on any atom is 0.227 e. The molecule has 116 valence electrons.